The average molecular weight is 393 g/mol. The molecule has 0 bridgehead atoms. The van der Waals surface area contributed by atoms with E-state index < -0.39 is 15.9 Å². The average Bonchev–Trinajstić information content (AvgIpc) is 3.40. The normalized spacial score (nSPS) is 17.4. The molecule has 1 aliphatic rings. The van der Waals surface area contributed by atoms with Gasteiger partial charge in [0.15, 0.2) is 9.84 Å². The van der Waals surface area contributed by atoms with Crippen LogP contribution >= 0.6 is 11.8 Å². The van der Waals surface area contributed by atoms with Gasteiger partial charge in [-0.15, -0.1) is 0 Å². The molecule has 2 aromatic carbocycles. The molecule has 2 aromatic rings. The van der Waals surface area contributed by atoms with Gasteiger partial charge in [-0.05, 0) is 55.5 Å². The van der Waals surface area contributed by atoms with Crippen molar-refractivity contribution in [3.63, 3.8) is 0 Å². The monoisotopic (exact) mass is 392 g/mol. The zero-order valence-corrected chi connectivity index (χ0v) is 15.8. The van der Waals surface area contributed by atoms with Crippen molar-refractivity contribution in [3.8, 4) is 11.5 Å². The van der Waals surface area contributed by atoms with Crippen LogP contribution in [0.3, 0.4) is 0 Å². The molecule has 0 spiro atoms. The van der Waals surface area contributed by atoms with Crippen molar-refractivity contribution in [1.29, 1.82) is 0 Å². The van der Waals surface area contributed by atoms with E-state index in [1.54, 1.807) is 67.2 Å². The molecule has 0 radical (unpaired) electrons. The molecule has 26 heavy (non-hydrogen) atoms. The molecular weight excluding hydrogens is 372 g/mol. The van der Waals surface area contributed by atoms with Crippen LogP contribution in [0.5, 0.6) is 11.5 Å². The molecule has 1 saturated heterocycles. The van der Waals surface area contributed by atoms with Crippen LogP contribution in [0.15, 0.2) is 53.4 Å². The lowest BCUT2D eigenvalue weighted by Gasteiger charge is -2.10. The van der Waals surface area contributed by atoms with Gasteiger partial charge in [0.05, 0.1) is 16.7 Å². The molecule has 0 saturated carbocycles. The van der Waals surface area contributed by atoms with Crippen LogP contribution in [0.2, 0.25) is 0 Å². The Balaban J connectivity index is 1.62. The number of thioether (sulfide) groups is 1. The van der Waals surface area contributed by atoms with Crippen molar-refractivity contribution in [2.24, 2.45) is 5.73 Å². The van der Waals surface area contributed by atoms with Crippen molar-refractivity contribution in [2.45, 2.75) is 23.1 Å². The van der Waals surface area contributed by atoms with E-state index in [1.807, 2.05) is 0 Å². The van der Waals surface area contributed by atoms with Crippen LogP contribution in [-0.2, 0) is 14.6 Å². The second-order valence-corrected chi connectivity index (χ2v) is 9.48. The number of sulfone groups is 1. The van der Waals surface area contributed by atoms with E-state index in [0.717, 1.165) is 5.75 Å². The summed E-state index contributed by atoms with van der Waals surface area (Å²) >= 11 is 1.66. The number of rotatable bonds is 7. The molecule has 2 atom stereocenters. The summed E-state index contributed by atoms with van der Waals surface area (Å²) in [5.74, 6) is 1.96. The number of nitrogens with two attached hydrogens (primary N) is 1. The molecule has 0 aliphatic carbocycles. The molecule has 138 valence electrons. The van der Waals surface area contributed by atoms with Crippen molar-refractivity contribution >= 4 is 33.2 Å². The van der Waals surface area contributed by atoms with Crippen molar-refractivity contribution in [1.82, 2.24) is 0 Å². The molecule has 1 amide bonds. The van der Waals surface area contributed by atoms with Gasteiger partial charge in [0.1, 0.15) is 11.5 Å². The van der Waals surface area contributed by atoms with E-state index >= 15 is 0 Å². The van der Waals surface area contributed by atoms with Gasteiger partial charge >= 0.3 is 0 Å². The Morgan fingerprint density at radius 3 is 2.23 bits per heavy atom. The maximum Gasteiger partial charge on any atom is 0.240 e. The van der Waals surface area contributed by atoms with Gasteiger partial charge in [0.2, 0.25) is 5.91 Å². The lowest BCUT2D eigenvalue weighted by atomic mass is 10.2. The Morgan fingerprint density at radius 2 is 1.73 bits per heavy atom. The van der Waals surface area contributed by atoms with Gasteiger partial charge < -0.3 is 15.8 Å². The summed E-state index contributed by atoms with van der Waals surface area (Å²) in [5.41, 5.74) is 6.13. The van der Waals surface area contributed by atoms with E-state index in [4.69, 9.17) is 10.5 Å². The number of ether oxygens (including phenoxy) is 1. The minimum atomic E-state index is -3.24. The Kier molecular flexibility index (Phi) is 5.55. The van der Waals surface area contributed by atoms with E-state index in [9.17, 15) is 13.2 Å². The molecular formula is C18H20N2O4S2. The summed E-state index contributed by atoms with van der Waals surface area (Å²) in [6, 6.07) is 12.7. The number of carbonyl (C=O) groups excluding carboxylic acids is 1. The smallest absolute Gasteiger partial charge is 0.240 e. The van der Waals surface area contributed by atoms with Gasteiger partial charge in [-0.1, -0.05) is 0 Å². The molecule has 1 heterocycles. The number of hydrogen-bond acceptors (Lipinski definition) is 6. The Morgan fingerprint density at radius 1 is 1.19 bits per heavy atom. The third kappa shape index (κ3) is 5.00. The molecule has 1 fully saturated rings. The summed E-state index contributed by atoms with van der Waals surface area (Å²) in [5, 5.41) is 2.92. The van der Waals surface area contributed by atoms with E-state index in [2.05, 4.69) is 5.32 Å². The van der Waals surface area contributed by atoms with Gasteiger partial charge in [-0.2, -0.15) is 11.8 Å². The first-order valence-electron chi connectivity index (χ1n) is 8.12. The molecule has 1 aliphatic heterocycles. The second kappa shape index (κ2) is 7.69. The topological polar surface area (TPSA) is 98.5 Å². The van der Waals surface area contributed by atoms with E-state index in [-0.39, 0.29) is 16.9 Å². The summed E-state index contributed by atoms with van der Waals surface area (Å²) < 4.78 is 30.2. The van der Waals surface area contributed by atoms with Crippen molar-refractivity contribution < 1.29 is 17.9 Å². The number of nitrogens with one attached hydrogen (secondary N) is 1. The summed E-state index contributed by atoms with van der Waals surface area (Å²) in [6.07, 6.45) is 0. The Labute approximate surface area is 157 Å². The predicted molar refractivity (Wildman–Crippen MR) is 104 cm³/mol. The third-order valence-electron chi connectivity index (χ3n) is 3.76. The molecule has 3 rings (SSSR count). The van der Waals surface area contributed by atoms with Gasteiger partial charge in [0.25, 0.3) is 0 Å². The number of hydrogen-bond donors (Lipinski definition) is 2. The van der Waals surface area contributed by atoms with Crippen LogP contribution in [-0.4, -0.2) is 37.1 Å². The summed E-state index contributed by atoms with van der Waals surface area (Å²) in [6.45, 7) is 1.61. The highest BCUT2D eigenvalue weighted by atomic mass is 32.2. The fourth-order valence-corrected chi connectivity index (χ4v) is 4.89. The number of amides is 1. The molecule has 6 nitrogen and oxygen atoms in total. The number of benzene rings is 2. The van der Waals surface area contributed by atoms with Crippen LogP contribution in [0.1, 0.15) is 6.92 Å². The first-order chi connectivity index (χ1) is 12.3. The van der Waals surface area contributed by atoms with Gasteiger partial charge in [-0.3, -0.25) is 4.79 Å². The highest BCUT2D eigenvalue weighted by molar-refractivity contribution is 8.08. The van der Waals surface area contributed by atoms with Crippen molar-refractivity contribution in [3.05, 3.63) is 48.5 Å². The fraction of sp³-hybridized carbons (Fsp3) is 0.278. The lowest BCUT2D eigenvalue weighted by molar-refractivity contribution is -0.117. The third-order valence-corrected chi connectivity index (χ3v) is 6.78. The first-order valence-corrected chi connectivity index (χ1v) is 10.8. The SMILES string of the molecule is CC(N)C(=O)Nc1ccc(Oc2ccc(S(=O)(=O)CC3CS3)cc2)cc1. The highest BCUT2D eigenvalue weighted by Gasteiger charge is 2.29. The van der Waals surface area contributed by atoms with Gasteiger partial charge in [-0.25, -0.2) is 8.42 Å². The number of carbonyl (C=O) groups is 1. The Hall–Kier alpha value is -2.03. The molecule has 2 unspecified atom stereocenters. The van der Waals surface area contributed by atoms with Crippen LogP contribution < -0.4 is 15.8 Å². The molecule has 8 heteroatoms. The zero-order valence-electron chi connectivity index (χ0n) is 14.2. The predicted octanol–water partition coefficient (Wildman–Crippen LogP) is 2.65. The molecule has 3 N–H and O–H groups in total. The highest BCUT2D eigenvalue weighted by Crippen LogP contribution is 2.33. The Bertz CT molecular complexity index is 874. The van der Waals surface area contributed by atoms with E-state index in [0.29, 0.717) is 22.1 Å². The quantitative estimate of drug-likeness (QED) is 0.703. The largest absolute Gasteiger partial charge is 0.457 e. The summed E-state index contributed by atoms with van der Waals surface area (Å²) in [4.78, 5) is 11.9. The van der Waals surface area contributed by atoms with Gasteiger partial charge in [0, 0.05) is 16.7 Å². The molecule has 0 aromatic heterocycles. The van der Waals surface area contributed by atoms with E-state index in [1.165, 1.54) is 0 Å². The van der Waals surface area contributed by atoms with Crippen LogP contribution in [0, 0.1) is 0 Å². The first kappa shape index (κ1) is 18.8. The minimum absolute atomic E-state index is 0.187. The second-order valence-electron chi connectivity index (χ2n) is 6.11. The number of anilines is 1. The van der Waals surface area contributed by atoms with Crippen LogP contribution in [0.25, 0.3) is 0 Å². The standard InChI is InChI=1S/C18H20N2O4S2/c1-12(19)18(21)20-13-2-4-14(5-3-13)24-15-6-8-17(9-7-15)26(22,23)11-16-10-25-16/h2-9,12,16H,10-11,19H2,1H3,(H,20,21). The maximum absolute atomic E-state index is 12.2. The van der Waals surface area contributed by atoms with Crippen LogP contribution in [0.4, 0.5) is 5.69 Å². The fourth-order valence-electron chi connectivity index (χ4n) is 2.22. The maximum atomic E-state index is 12.2. The summed E-state index contributed by atoms with van der Waals surface area (Å²) in [7, 11) is -3.24. The van der Waals surface area contributed by atoms with Crippen molar-refractivity contribution in [2.75, 3.05) is 16.8 Å². The lowest BCUT2D eigenvalue weighted by Crippen LogP contribution is -2.32. The minimum Gasteiger partial charge on any atom is -0.457 e. The zero-order chi connectivity index (χ0) is 18.7.